The molecule has 5 fully saturated rings. The second-order valence-electron chi connectivity index (χ2n) is 19.2. The maximum absolute atomic E-state index is 14.9. The highest BCUT2D eigenvalue weighted by atomic mass is 16.2. The second-order valence-corrected chi connectivity index (χ2v) is 19.2. The summed E-state index contributed by atoms with van der Waals surface area (Å²) in [6, 6.07) is 1.32. The third-order valence-corrected chi connectivity index (χ3v) is 13.7. The summed E-state index contributed by atoms with van der Waals surface area (Å²) in [6.07, 6.45) is 18.3. The van der Waals surface area contributed by atoms with Crippen molar-refractivity contribution < 1.29 is 19.2 Å². The molecule has 1 saturated heterocycles. The molecule has 2 spiro atoms. The van der Waals surface area contributed by atoms with Crippen molar-refractivity contribution in [2.75, 3.05) is 18.9 Å². The third kappa shape index (κ3) is 7.48. The predicted octanol–water partition coefficient (Wildman–Crippen LogP) is 5.89. The van der Waals surface area contributed by atoms with Crippen molar-refractivity contribution in [1.29, 1.82) is 0 Å². The smallest absolute Gasteiger partial charge is 0.260 e. The van der Waals surface area contributed by atoms with Gasteiger partial charge in [0.1, 0.15) is 23.7 Å². The van der Waals surface area contributed by atoms with Crippen LogP contribution in [0.25, 0.3) is 0 Å². The van der Waals surface area contributed by atoms with Crippen LogP contribution in [0.4, 0.5) is 5.69 Å². The Morgan fingerprint density at radius 2 is 1.51 bits per heavy atom. The van der Waals surface area contributed by atoms with Gasteiger partial charge in [0.25, 0.3) is 5.91 Å². The van der Waals surface area contributed by atoms with Crippen molar-refractivity contribution >= 4 is 29.3 Å². The van der Waals surface area contributed by atoms with Crippen molar-refractivity contribution in [2.24, 2.45) is 33.0 Å². The quantitative estimate of drug-likeness (QED) is 0.149. The van der Waals surface area contributed by atoms with E-state index in [0.29, 0.717) is 25.1 Å². The summed E-state index contributed by atoms with van der Waals surface area (Å²) in [4.78, 5) is 62.3. The molecule has 0 radical (unpaired) electrons. The molecule has 5 N–H and O–H groups in total. The maximum Gasteiger partial charge on any atom is 0.260 e. The number of likely N-dealkylation sites (tertiary alicyclic amines) is 1. The zero-order chi connectivity index (χ0) is 39.0. The number of amides is 4. The first-order valence-electron chi connectivity index (χ1n) is 20.0. The van der Waals surface area contributed by atoms with E-state index in [1.807, 2.05) is 47.6 Å². The van der Waals surface area contributed by atoms with Crippen LogP contribution in [0.2, 0.25) is 0 Å². The molecule has 0 bridgehead atoms. The highest BCUT2D eigenvalue weighted by molar-refractivity contribution is 5.99. The first-order valence-corrected chi connectivity index (χ1v) is 20.0. The van der Waals surface area contributed by atoms with Gasteiger partial charge in [-0.1, -0.05) is 106 Å². The summed E-state index contributed by atoms with van der Waals surface area (Å²) in [5, 5.41) is 9.50. The van der Waals surface area contributed by atoms with Gasteiger partial charge in [0.2, 0.25) is 17.7 Å². The summed E-state index contributed by atoms with van der Waals surface area (Å²) in [5.41, 5.74) is 3.57. The fraction of sp³-hybridized carbons (Fsp3) is 0.738. The molecule has 1 aliphatic heterocycles. The normalized spacial score (nSPS) is 29.0. The van der Waals surface area contributed by atoms with Crippen LogP contribution in [0, 0.1) is 33.0 Å². The number of hydrazine groups is 1. The number of carbonyl (C=O) groups is 4. The minimum atomic E-state index is -1.12. The number of nitrogens with zero attached hydrogens (tertiary/aromatic N) is 2. The maximum atomic E-state index is 14.9. The lowest BCUT2D eigenvalue weighted by atomic mass is 9.73. The molecule has 1 aromatic heterocycles. The van der Waals surface area contributed by atoms with Gasteiger partial charge >= 0.3 is 0 Å². The Balaban J connectivity index is 0.000000820. The zero-order valence-corrected chi connectivity index (χ0v) is 33.9. The number of hydrogen-bond donors (Lipinski definition) is 5. The van der Waals surface area contributed by atoms with Gasteiger partial charge in [-0.15, -0.1) is 6.58 Å². The molecule has 2 unspecified atom stereocenters. The largest absolute Gasteiger partial charge is 0.372 e. The first kappa shape index (κ1) is 40.7. The molecular weight excluding hydrogens is 667 g/mol. The SMILES string of the molecule is C1CCCCC1.C=C[C@@H]1C[C@]1(NC(=O)[C@@H]1CC2(CN1C(=O)[C@@H](NC(=O)C(Nc1cccnc1)C(C)(C)C)C(C)(C)C)C(C)(C)C21CCC1)C(=O)NNC. The summed E-state index contributed by atoms with van der Waals surface area (Å²) in [5.74, 6) is -1.47. The summed E-state index contributed by atoms with van der Waals surface area (Å²) in [6.45, 7) is 20.6. The Hall–Kier alpha value is -3.47. The van der Waals surface area contributed by atoms with Crippen LogP contribution < -0.4 is 26.8 Å². The van der Waals surface area contributed by atoms with E-state index in [-0.39, 0.29) is 45.8 Å². The zero-order valence-electron chi connectivity index (χ0n) is 33.9. The van der Waals surface area contributed by atoms with Crippen LogP contribution in [0.3, 0.4) is 0 Å². The Kier molecular flexibility index (Phi) is 11.5. The number of anilines is 1. The average Bonchev–Trinajstić information content (AvgIpc) is 3.81. The molecule has 11 heteroatoms. The molecule has 4 aliphatic carbocycles. The van der Waals surface area contributed by atoms with Crippen LogP contribution in [-0.2, 0) is 19.2 Å². The van der Waals surface area contributed by atoms with E-state index < -0.39 is 34.5 Å². The lowest BCUT2D eigenvalue weighted by Crippen LogP contribution is -2.62. The number of nitrogens with one attached hydrogen (secondary N) is 5. The van der Waals surface area contributed by atoms with Gasteiger partial charge in [-0.3, -0.25) is 29.6 Å². The van der Waals surface area contributed by atoms with Crippen molar-refractivity contribution in [3.05, 3.63) is 37.2 Å². The average molecular weight is 734 g/mol. The summed E-state index contributed by atoms with van der Waals surface area (Å²) >= 11 is 0. The predicted molar refractivity (Wildman–Crippen MR) is 209 cm³/mol. The number of rotatable bonds is 10. The Morgan fingerprint density at radius 1 is 0.906 bits per heavy atom. The van der Waals surface area contributed by atoms with Crippen LogP contribution in [0.5, 0.6) is 0 Å². The molecule has 294 valence electrons. The van der Waals surface area contributed by atoms with E-state index >= 15 is 0 Å². The summed E-state index contributed by atoms with van der Waals surface area (Å²) < 4.78 is 0. The minimum absolute atomic E-state index is 0.0400. The van der Waals surface area contributed by atoms with E-state index in [0.717, 1.165) is 19.3 Å². The first-order chi connectivity index (χ1) is 24.8. The van der Waals surface area contributed by atoms with E-state index in [1.54, 1.807) is 36.5 Å². The number of carbonyl (C=O) groups excluding carboxylic acids is 4. The van der Waals surface area contributed by atoms with E-state index in [1.165, 1.54) is 38.5 Å². The Labute approximate surface area is 318 Å². The van der Waals surface area contributed by atoms with Gasteiger partial charge in [0, 0.05) is 37.3 Å². The number of aromatic nitrogens is 1. The monoisotopic (exact) mass is 734 g/mol. The van der Waals surface area contributed by atoms with Crippen molar-refractivity contribution in [3.63, 3.8) is 0 Å². The van der Waals surface area contributed by atoms with Gasteiger partial charge in [-0.25, -0.2) is 5.43 Å². The fourth-order valence-electron chi connectivity index (χ4n) is 10.0. The van der Waals surface area contributed by atoms with Gasteiger partial charge in [-0.2, -0.15) is 0 Å². The third-order valence-electron chi connectivity index (χ3n) is 13.7. The molecule has 11 nitrogen and oxygen atoms in total. The fourth-order valence-corrected chi connectivity index (χ4v) is 10.0. The Morgan fingerprint density at radius 3 is 1.94 bits per heavy atom. The van der Waals surface area contributed by atoms with E-state index in [9.17, 15) is 19.2 Å². The van der Waals surface area contributed by atoms with Crippen LogP contribution in [0.1, 0.15) is 126 Å². The molecule has 0 aromatic carbocycles. The van der Waals surface area contributed by atoms with Crippen molar-refractivity contribution in [3.8, 4) is 0 Å². The van der Waals surface area contributed by atoms with E-state index in [4.69, 9.17) is 0 Å². The van der Waals surface area contributed by atoms with Gasteiger partial charge in [0.05, 0.1) is 5.69 Å². The number of hydrogen-bond acceptors (Lipinski definition) is 7. The number of pyridine rings is 1. The van der Waals surface area contributed by atoms with E-state index in [2.05, 4.69) is 52.2 Å². The van der Waals surface area contributed by atoms with Gasteiger partial charge in [-0.05, 0) is 59.5 Å². The lowest BCUT2D eigenvalue weighted by Gasteiger charge is -2.38. The van der Waals surface area contributed by atoms with Gasteiger partial charge in [0.15, 0.2) is 0 Å². The molecule has 5 aliphatic rings. The minimum Gasteiger partial charge on any atom is -0.372 e. The topological polar surface area (TPSA) is 145 Å². The van der Waals surface area contributed by atoms with Gasteiger partial charge < -0.3 is 20.9 Å². The molecule has 2 heterocycles. The summed E-state index contributed by atoms with van der Waals surface area (Å²) in [7, 11) is 1.60. The second kappa shape index (κ2) is 15.0. The molecule has 4 amide bonds. The van der Waals surface area contributed by atoms with Crippen LogP contribution in [-0.4, -0.2) is 70.8 Å². The van der Waals surface area contributed by atoms with Crippen molar-refractivity contribution in [1.82, 2.24) is 31.4 Å². The standard InChI is InChI=1S/C36H55N7O4.C6H12/c1-11-22-18-36(22,30(47)42-37-10)41-27(44)24-19-35(33(8,9)34(35)15-13-16-34)21-43(24)29(46)26(32(5,6)7)40-28(45)25(31(2,3)4)39-23-14-12-17-38-20-23;1-2-4-6-5-3-1/h11-12,14,17,20,22,24-26,37,39H,1,13,15-16,18-19,21H2,2-10H3,(H,40,45)(H,41,44)(H,42,47);1-6H2/t22-,24+,25?,26-,35?,36-;/m1./s1. The molecular formula is C42H67N7O4. The number of fused-ring (bicyclic) bond motifs is 1. The molecule has 4 saturated carbocycles. The van der Waals surface area contributed by atoms with Crippen LogP contribution in [0.15, 0.2) is 37.2 Å². The molecule has 1 aromatic rings. The highest BCUT2D eigenvalue weighted by Crippen LogP contribution is 2.88. The van der Waals surface area contributed by atoms with Crippen molar-refractivity contribution in [2.45, 2.75) is 150 Å². The molecule has 53 heavy (non-hydrogen) atoms. The highest BCUT2D eigenvalue weighted by Gasteiger charge is 2.85. The van der Waals surface area contributed by atoms with Crippen LogP contribution >= 0.6 is 0 Å². The molecule has 6 rings (SSSR count). The Bertz CT molecular complexity index is 1510. The molecule has 6 atom stereocenters. The lowest BCUT2D eigenvalue weighted by molar-refractivity contribution is -0.145.